The number of fused-ring (bicyclic) bond motifs is 1. The average Bonchev–Trinajstić information content (AvgIpc) is 2.34. The average molecular weight is 231 g/mol. The molecule has 4 heteroatoms. The van der Waals surface area contributed by atoms with Gasteiger partial charge >= 0.3 is 0 Å². The molecule has 0 saturated heterocycles. The van der Waals surface area contributed by atoms with Gasteiger partial charge in [0.2, 0.25) is 0 Å². The SMILES string of the molecule is CCCCCNc1cc(=O)[nH]c2ncccc12. The molecule has 90 valence electrons. The molecule has 0 fully saturated rings. The van der Waals surface area contributed by atoms with E-state index in [1.54, 1.807) is 12.3 Å². The molecule has 0 aliphatic carbocycles. The van der Waals surface area contributed by atoms with Crippen LogP contribution in [0.5, 0.6) is 0 Å². The zero-order chi connectivity index (χ0) is 12.1. The van der Waals surface area contributed by atoms with E-state index in [2.05, 4.69) is 22.2 Å². The summed E-state index contributed by atoms with van der Waals surface area (Å²) in [5, 5.41) is 4.26. The van der Waals surface area contributed by atoms with E-state index in [9.17, 15) is 4.79 Å². The van der Waals surface area contributed by atoms with Crippen molar-refractivity contribution >= 4 is 16.7 Å². The zero-order valence-electron chi connectivity index (χ0n) is 9.99. The minimum Gasteiger partial charge on any atom is -0.384 e. The fraction of sp³-hybridized carbons (Fsp3) is 0.385. The normalized spacial score (nSPS) is 10.6. The van der Waals surface area contributed by atoms with Crippen molar-refractivity contribution in [1.29, 1.82) is 0 Å². The molecule has 0 atom stereocenters. The Bertz CT molecular complexity index is 548. The quantitative estimate of drug-likeness (QED) is 0.777. The Morgan fingerprint density at radius 3 is 3.12 bits per heavy atom. The number of unbranched alkanes of at least 4 members (excludes halogenated alkanes) is 2. The summed E-state index contributed by atoms with van der Waals surface area (Å²) in [4.78, 5) is 18.3. The van der Waals surface area contributed by atoms with Crippen molar-refractivity contribution in [2.45, 2.75) is 26.2 Å². The summed E-state index contributed by atoms with van der Waals surface area (Å²) in [6.07, 6.45) is 5.19. The largest absolute Gasteiger partial charge is 0.384 e. The van der Waals surface area contributed by atoms with Crippen molar-refractivity contribution in [1.82, 2.24) is 9.97 Å². The number of H-pyrrole nitrogens is 1. The summed E-state index contributed by atoms with van der Waals surface area (Å²) in [5.74, 6) is 0. The van der Waals surface area contributed by atoms with E-state index in [-0.39, 0.29) is 5.56 Å². The highest BCUT2D eigenvalue weighted by Crippen LogP contribution is 2.17. The summed E-state index contributed by atoms with van der Waals surface area (Å²) in [6, 6.07) is 5.42. The van der Waals surface area contributed by atoms with Gasteiger partial charge in [0.25, 0.3) is 5.56 Å². The molecular weight excluding hydrogens is 214 g/mol. The lowest BCUT2D eigenvalue weighted by atomic mass is 10.2. The van der Waals surface area contributed by atoms with E-state index in [4.69, 9.17) is 0 Å². The van der Waals surface area contributed by atoms with Crippen LogP contribution >= 0.6 is 0 Å². The highest BCUT2D eigenvalue weighted by Gasteiger charge is 2.02. The van der Waals surface area contributed by atoms with Crippen molar-refractivity contribution in [3.8, 4) is 0 Å². The Kier molecular flexibility index (Phi) is 3.75. The molecule has 0 aliphatic rings. The van der Waals surface area contributed by atoms with Gasteiger partial charge in [-0.05, 0) is 18.6 Å². The molecule has 0 aromatic carbocycles. The first kappa shape index (κ1) is 11.6. The first-order valence-electron chi connectivity index (χ1n) is 6.03. The lowest BCUT2D eigenvalue weighted by Crippen LogP contribution is -2.10. The van der Waals surface area contributed by atoms with Crippen LogP contribution < -0.4 is 10.9 Å². The summed E-state index contributed by atoms with van der Waals surface area (Å²) < 4.78 is 0. The van der Waals surface area contributed by atoms with Crippen molar-refractivity contribution in [3.05, 3.63) is 34.7 Å². The smallest absolute Gasteiger partial charge is 0.251 e. The van der Waals surface area contributed by atoms with Gasteiger partial charge < -0.3 is 10.3 Å². The molecule has 0 aliphatic heterocycles. The number of aromatic amines is 1. The highest BCUT2D eigenvalue weighted by molar-refractivity contribution is 5.88. The second-order valence-corrected chi connectivity index (χ2v) is 4.08. The van der Waals surface area contributed by atoms with E-state index >= 15 is 0 Å². The van der Waals surface area contributed by atoms with Crippen LogP contribution in [0.4, 0.5) is 5.69 Å². The van der Waals surface area contributed by atoms with Gasteiger partial charge in [-0.2, -0.15) is 0 Å². The predicted molar refractivity (Wildman–Crippen MR) is 70.4 cm³/mol. The third-order valence-corrected chi connectivity index (χ3v) is 2.71. The molecule has 4 nitrogen and oxygen atoms in total. The second-order valence-electron chi connectivity index (χ2n) is 4.08. The maximum atomic E-state index is 11.5. The Labute approximate surface area is 100 Å². The number of hydrogen-bond donors (Lipinski definition) is 2. The van der Waals surface area contributed by atoms with Gasteiger partial charge in [-0.3, -0.25) is 4.79 Å². The molecule has 2 N–H and O–H groups in total. The standard InChI is InChI=1S/C13H17N3O/c1-2-3-4-7-14-11-9-12(17)16-13-10(11)6-5-8-15-13/h5-6,8-9H,2-4,7H2,1H3,(H2,14,15,16,17). The van der Waals surface area contributed by atoms with E-state index in [1.807, 2.05) is 12.1 Å². The number of aromatic nitrogens is 2. The number of nitrogens with one attached hydrogen (secondary N) is 2. The number of nitrogens with zero attached hydrogens (tertiary/aromatic N) is 1. The number of anilines is 1. The predicted octanol–water partition coefficient (Wildman–Crippen LogP) is 2.53. The highest BCUT2D eigenvalue weighted by atomic mass is 16.1. The second kappa shape index (κ2) is 5.48. The Morgan fingerprint density at radius 2 is 2.29 bits per heavy atom. The van der Waals surface area contributed by atoms with Crippen molar-refractivity contribution in [2.24, 2.45) is 0 Å². The zero-order valence-corrected chi connectivity index (χ0v) is 9.99. The Hall–Kier alpha value is -1.84. The van der Waals surface area contributed by atoms with Gasteiger partial charge in [-0.25, -0.2) is 4.98 Å². The van der Waals surface area contributed by atoms with Crippen LogP contribution in [0, 0.1) is 0 Å². The molecule has 0 unspecified atom stereocenters. The lowest BCUT2D eigenvalue weighted by Gasteiger charge is -2.08. The van der Waals surface area contributed by atoms with Crippen molar-refractivity contribution < 1.29 is 0 Å². The molecule has 2 rings (SSSR count). The van der Waals surface area contributed by atoms with E-state index < -0.39 is 0 Å². The molecule has 0 amide bonds. The summed E-state index contributed by atoms with van der Waals surface area (Å²) in [5.41, 5.74) is 1.39. The lowest BCUT2D eigenvalue weighted by molar-refractivity contribution is 0.744. The number of rotatable bonds is 5. The molecule has 17 heavy (non-hydrogen) atoms. The minimum absolute atomic E-state index is 0.116. The molecule has 0 radical (unpaired) electrons. The van der Waals surface area contributed by atoms with Gasteiger partial charge in [0.1, 0.15) is 5.65 Å². The Morgan fingerprint density at radius 1 is 1.41 bits per heavy atom. The first-order valence-corrected chi connectivity index (χ1v) is 6.03. The van der Waals surface area contributed by atoms with Crippen molar-refractivity contribution in [3.63, 3.8) is 0 Å². The van der Waals surface area contributed by atoms with E-state index in [0.717, 1.165) is 24.0 Å². The molecule has 0 bridgehead atoms. The monoisotopic (exact) mass is 231 g/mol. The number of pyridine rings is 2. The molecule has 0 spiro atoms. The molecular formula is C13H17N3O. The molecule has 2 heterocycles. The molecule has 0 saturated carbocycles. The van der Waals surface area contributed by atoms with Crippen LogP contribution in [-0.2, 0) is 0 Å². The van der Waals surface area contributed by atoms with Gasteiger partial charge in [0.05, 0.1) is 5.69 Å². The maximum absolute atomic E-state index is 11.5. The minimum atomic E-state index is -0.116. The van der Waals surface area contributed by atoms with Gasteiger partial charge in [0.15, 0.2) is 0 Å². The molecule has 2 aromatic heterocycles. The van der Waals surface area contributed by atoms with Gasteiger partial charge in [0, 0.05) is 24.2 Å². The third-order valence-electron chi connectivity index (χ3n) is 2.71. The topological polar surface area (TPSA) is 57.8 Å². The maximum Gasteiger partial charge on any atom is 0.251 e. The van der Waals surface area contributed by atoms with Crippen molar-refractivity contribution in [2.75, 3.05) is 11.9 Å². The van der Waals surface area contributed by atoms with E-state index in [0.29, 0.717) is 5.65 Å². The fourth-order valence-electron chi connectivity index (χ4n) is 1.83. The number of hydrogen-bond acceptors (Lipinski definition) is 3. The third kappa shape index (κ3) is 2.84. The van der Waals surface area contributed by atoms with Crippen LogP contribution in [0.1, 0.15) is 26.2 Å². The first-order chi connectivity index (χ1) is 8.31. The summed E-state index contributed by atoms with van der Waals surface area (Å²) >= 11 is 0. The fourth-order valence-corrected chi connectivity index (χ4v) is 1.83. The summed E-state index contributed by atoms with van der Waals surface area (Å²) in [6.45, 7) is 3.06. The van der Waals surface area contributed by atoms with Crippen LogP contribution in [0.25, 0.3) is 11.0 Å². The van der Waals surface area contributed by atoms with Crippen LogP contribution in [-0.4, -0.2) is 16.5 Å². The van der Waals surface area contributed by atoms with Gasteiger partial charge in [-0.1, -0.05) is 19.8 Å². The van der Waals surface area contributed by atoms with Crippen LogP contribution in [0.15, 0.2) is 29.2 Å². The summed E-state index contributed by atoms with van der Waals surface area (Å²) in [7, 11) is 0. The van der Waals surface area contributed by atoms with E-state index in [1.165, 1.54) is 12.8 Å². The Balaban J connectivity index is 2.23. The van der Waals surface area contributed by atoms with Crippen LogP contribution in [0.2, 0.25) is 0 Å². The van der Waals surface area contributed by atoms with Gasteiger partial charge in [-0.15, -0.1) is 0 Å². The van der Waals surface area contributed by atoms with Crippen LogP contribution in [0.3, 0.4) is 0 Å². The molecule has 2 aromatic rings.